The van der Waals surface area contributed by atoms with Gasteiger partial charge < -0.3 is 10.2 Å². The Morgan fingerprint density at radius 1 is 1.28 bits per heavy atom. The third kappa shape index (κ3) is 3.82. The molecule has 2 aromatic rings. The largest absolute Gasteiger partial charge is 0.322 e. The second-order valence-electron chi connectivity index (χ2n) is 7.61. The van der Waals surface area contributed by atoms with Crippen LogP contribution in [0.5, 0.6) is 0 Å². The highest BCUT2D eigenvalue weighted by Gasteiger charge is 2.39. The number of anilines is 1. The normalized spacial score (nSPS) is 19.1. The molecule has 1 unspecified atom stereocenters. The number of allylic oxidation sites excluding steroid dienone is 1. The summed E-state index contributed by atoms with van der Waals surface area (Å²) in [7, 11) is 0. The van der Waals surface area contributed by atoms with Crippen molar-refractivity contribution >= 4 is 41.5 Å². The second-order valence-corrected chi connectivity index (χ2v) is 7.61. The number of hydrogen-bond acceptors (Lipinski definition) is 5. The van der Waals surface area contributed by atoms with Crippen molar-refractivity contribution in [3.05, 3.63) is 70.4 Å². The first-order valence-corrected chi connectivity index (χ1v) is 10.2. The van der Waals surface area contributed by atoms with E-state index in [0.717, 1.165) is 10.4 Å². The van der Waals surface area contributed by atoms with Crippen LogP contribution in [0.2, 0.25) is 0 Å². The van der Waals surface area contributed by atoms with E-state index < -0.39 is 11.9 Å². The Bertz CT molecular complexity index is 1280. The fourth-order valence-electron chi connectivity index (χ4n) is 4.03. The van der Waals surface area contributed by atoms with Gasteiger partial charge in [0.05, 0.1) is 11.9 Å². The molecule has 0 spiro atoms. The minimum atomic E-state index is -0.694. The number of aromatic nitrogens is 1. The smallest absolute Gasteiger partial charge is 0.255 e. The Kier molecular flexibility index (Phi) is 5.68. The van der Waals surface area contributed by atoms with Crippen LogP contribution in [0.3, 0.4) is 0 Å². The number of rotatable bonds is 4. The minimum absolute atomic E-state index is 0.191. The van der Waals surface area contributed by atoms with Gasteiger partial charge in [0.15, 0.2) is 0 Å². The van der Waals surface area contributed by atoms with E-state index in [1.165, 1.54) is 4.90 Å². The first-order chi connectivity index (χ1) is 15.4. The summed E-state index contributed by atoms with van der Waals surface area (Å²) in [6.45, 7) is 5.82. The van der Waals surface area contributed by atoms with E-state index in [2.05, 4.69) is 22.2 Å². The maximum atomic E-state index is 12.9. The summed E-state index contributed by atoms with van der Waals surface area (Å²) in [5, 5.41) is 6.82. The molecule has 3 heterocycles. The van der Waals surface area contributed by atoms with Crippen LogP contribution in [0.15, 0.2) is 43.2 Å². The molecule has 0 aliphatic carbocycles. The number of hydrogen-bond donors (Lipinski definition) is 2. The van der Waals surface area contributed by atoms with Crippen LogP contribution in [0.1, 0.15) is 46.0 Å². The molecular weight excluding hydrogens is 408 g/mol. The van der Waals surface area contributed by atoms with Gasteiger partial charge in [-0.1, -0.05) is 24.8 Å². The summed E-state index contributed by atoms with van der Waals surface area (Å²) in [4.78, 5) is 55.0. The van der Waals surface area contributed by atoms with E-state index in [-0.39, 0.29) is 37.1 Å². The maximum Gasteiger partial charge on any atom is 0.255 e. The number of amides is 4. The molecule has 1 aromatic carbocycles. The number of fused-ring (bicyclic) bond motifs is 1. The fraction of sp³-hybridized carbons (Fsp3) is 0.208. The number of carbonyl (C=O) groups excluding carboxylic acids is 4. The Morgan fingerprint density at radius 3 is 2.81 bits per heavy atom. The van der Waals surface area contributed by atoms with Gasteiger partial charge in [0.2, 0.25) is 11.8 Å². The molecule has 1 fully saturated rings. The summed E-state index contributed by atoms with van der Waals surface area (Å²) >= 11 is 0. The van der Waals surface area contributed by atoms with Crippen molar-refractivity contribution in [2.24, 2.45) is 0 Å². The van der Waals surface area contributed by atoms with Crippen molar-refractivity contribution in [1.29, 1.82) is 0 Å². The first-order valence-electron chi connectivity index (χ1n) is 10.2. The number of nitrogens with zero attached hydrogens (tertiary/aromatic N) is 2. The summed E-state index contributed by atoms with van der Waals surface area (Å²) in [6.07, 6.45) is 9.09. The quantitative estimate of drug-likeness (QED) is 0.700. The van der Waals surface area contributed by atoms with E-state index in [1.54, 1.807) is 42.7 Å². The van der Waals surface area contributed by atoms with E-state index in [9.17, 15) is 19.2 Å². The van der Waals surface area contributed by atoms with Gasteiger partial charge in [-0.3, -0.25) is 29.5 Å². The van der Waals surface area contributed by atoms with Crippen molar-refractivity contribution in [2.45, 2.75) is 32.4 Å². The third-order valence-electron chi connectivity index (χ3n) is 5.65. The Labute approximate surface area is 184 Å². The summed E-state index contributed by atoms with van der Waals surface area (Å²) in [5.74, 6) is -1.42. The average molecular weight is 430 g/mol. The minimum Gasteiger partial charge on any atom is -0.322 e. The Hall–Kier alpha value is -4.07. The van der Waals surface area contributed by atoms with Gasteiger partial charge in [-0.2, -0.15) is 0 Å². The van der Waals surface area contributed by atoms with Crippen molar-refractivity contribution in [3.63, 3.8) is 0 Å². The molecule has 2 aliphatic rings. The Balaban J connectivity index is 1.58. The van der Waals surface area contributed by atoms with Gasteiger partial charge in [0, 0.05) is 35.5 Å². The zero-order valence-electron chi connectivity index (χ0n) is 17.6. The molecular formula is C24H22N4O4. The van der Waals surface area contributed by atoms with E-state index in [1.807, 2.05) is 13.0 Å². The van der Waals surface area contributed by atoms with Crippen LogP contribution < -0.4 is 21.1 Å². The summed E-state index contributed by atoms with van der Waals surface area (Å²) in [6, 6.07) is 4.15. The lowest BCUT2D eigenvalue weighted by Gasteiger charge is -2.29. The van der Waals surface area contributed by atoms with Crippen LogP contribution in [0.25, 0.3) is 12.2 Å². The molecule has 2 aliphatic heterocycles. The number of benzene rings is 1. The SMILES string of the molecule is C=C/C=c1/c(NC(=O)c2ccc3c(c2)CN(C2CCC(=O)NC2=O)C3=O)cnc/c1=C/C. The van der Waals surface area contributed by atoms with Gasteiger partial charge in [-0.15, -0.1) is 0 Å². The molecule has 0 saturated carbocycles. The molecule has 8 heteroatoms. The lowest BCUT2D eigenvalue weighted by molar-refractivity contribution is -0.136. The van der Waals surface area contributed by atoms with Crippen LogP contribution in [-0.4, -0.2) is 39.6 Å². The molecule has 0 radical (unpaired) electrons. The molecule has 0 bridgehead atoms. The molecule has 8 nitrogen and oxygen atoms in total. The monoisotopic (exact) mass is 430 g/mol. The maximum absolute atomic E-state index is 12.9. The third-order valence-corrected chi connectivity index (χ3v) is 5.65. The van der Waals surface area contributed by atoms with Gasteiger partial charge in [0.1, 0.15) is 6.04 Å². The highest BCUT2D eigenvalue weighted by molar-refractivity contribution is 6.08. The van der Waals surface area contributed by atoms with Crippen molar-refractivity contribution < 1.29 is 19.2 Å². The number of pyridine rings is 1. The van der Waals surface area contributed by atoms with Gasteiger partial charge in [0.25, 0.3) is 11.8 Å². The van der Waals surface area contributed by atoms with Crippen LogP contribution in [0, 0.1) is 0 Å². The van der Waals surface area contributed by atoms with Gasteiger partial charge in [-0.25, -0.2) is 0 Å². The molecule has 1 saturated heterocycles. The molecule has 32 heavy (non-hydrogen) atoms. The van der Waals surface area contributed by atoms with Crippen LogP contribution >= 0.6 is 0 Å². The predicted octanol–water partition coefficient (Wildman–Crippen LogP) is 0.862. The Morgan fingerprint density at radius 2 is 2.09 bits per heavy atom. The van der Waals surface area contributed by atoms with E-state index >= 15 is 0 Å². The van der Waals surface area contributed by atoms with Crippen LogP contribution in [0.4, 0.5) is 5.69 Å². The molecule has 4 amide bonds. The molecule has 1 aromatic heterocycles. The predicted molar refractivity (Wildman–Crippen MR) is 119 cm³/mol. The lowest BCUT2D eigenvalue weighted by Crippen LogP contribution is -2.52. The highest BCUT2D eigenvalue weighted by Crippen LogP contribution is 2.28. The summed E-state index contributed by atoms with van der Waals surface area (Å²) < 4.78 is 0. The molecule has 4 rings (SSSR count). The van der Waals surface area contributed by atoms with Gasteiger partial charge in [-0.05, 0) is 42.3 Å². The number of carbonyl (C=O) groups is 4. The van der Waals surface area contributed by atoms with Crippen molar-refractivity contribution in [3.8, 4) is 0 Å². The van der Waals surface area contributed by atoms with Crippen molar-refractivity contribution in [1.82, 2.24) is 15.2 Å². The molecule has 162 valence electrons. The second kappa shape index (κ2) is 8.58. The molecule has 1 atom stereocenters. The number of nitrogens with one attached hydrogen (secondary N) is 2. The zero-order valence-corrected chi connectivity index (χ0v) is 17.6. The zero-order chi connectivity index (χ0) is 22.8. The highest BCUT2D eigenvalue weighted by atomic mass is 16.2. The number of piperidine rings is 1. The topological polar surface area (TPSA) is 108 Å². The molecule has 2 N–H and O–H groups in total. The standard InChI is InChI=1S/C24H22N4O4/c1-3-5-17-14(4-2)11-25-12-19(17)26-22(30)15-6-7-18-16(10-15)13-28(24(18)32)20-8-9-21(29)27-23(20)31/h3-7,10-12,20H,1,8-9,13H2,2H3,(H,26,30)(H,27,29,31)/b14-4-,17-5+. The first kappa shape index (κ1) is 21.2. The summed E-state index contributed by atoms with van der Waals surface area (Å²) in [5.41, 5.74) is 2.06. The fourth-order valence-corrected chi connectivity index (χ4v) is 4.03. The van der Waals surface area contributed by atoms with E-state index in [4.69, 9.17) is 0 Å². The lowest BCUT2D eigenvalue weighted by atomic mass is 10.0. The van der Waals surface area contributed by atoms with E-state index in [0.29, 0.717) is 22.4 Å². The average Bonchev–Trinajstić information content (AvgIpc) is 3.10. The number of imide groups is 1. The van der Waals surface area contributed by atoms with Crippen LogP contribution in [-0.2, 0) is 16.1 Å². The van der Waals surface area contributed by atoms with Gasteiger partial charge >= 0.3 is 0 Å². The van der Waals surface area contributed by atoms with Crippen molar-refractivity contribution in [2.75, 3.05) is 5.32 Å².